The fraction of sp³-hybridized carbons (Fsp3) is 0.370. The predicted molar refractivity (Wildman–Crippen MR) is 140 cm³/mol. The lowest BCUT2D eigenvalue weighted by molar-refractivity contribution is 0.0887. The number of carbonyl (C=O) groups excluding carboxylic acids is 1. The summed E-state index contributed by atoms with van der Waals surface area (Å²) in [5.74, 6) is 1.67. The molecule has 2 aromatic carbocycles. The second-order valence-corrected chi connectivity index (χ2v) is 9.46. The Morgan fingerprint density at radius 1 is 0.914 bits per heavy atom. The molecule has 3 aromatic rings. The molecule has 8 heteroatoms. The van der Waals surface area contributed by atoms with Crippen LogP contribution in [-0.4, -0.2) is 64.4 Å². The van der Waals surface area contributed by atoms with Crippen molar-refractivity contribution in [3.8, 4) is 17.2 Å². The topological polar surface area (TPSA) is 63.3 Å². The minimum absolute atomic E-state index is 0.0774. The van der Waals surface area contributed by atoms with E-state index in [0.717, 1.165) is 31.9 Å². The molecule has 186 valence electrons. The zero-order valence-corrected chi connectivity index (χ0v) is 21.5. The van der Waals surface area contributed by atoms with E-state index in [2.05, 4.69) is 51.7 Å². The number of nitrogens with one attached hydrogen (secondary N) is 1. The number of amides is 1. The van der Waals surface area contributed by atoms with Gasteiger partial charge in [-0.25, -0.2) is 0 Å². The van der Waals surface area contributed by atoms with E-state index in [-0.39, 0.29) is 18.0 Å². The van der Waals surface area contributed by atoms with Gasteiger partial charge in [0.2, 0.25) is 0 Å². The average Bonchev–Trinajstić information content (AvgIpc) is 3.43. The third-order valence-corrected chi connectivity index (χ3v) is 7.40. The predicted octanol–water partition coefficient (Wildman–Crippen LogP) is 4.46. The number of ether oxygens (including phenoxy) is 3. The lowest BCUT2D eigenvalue weighted by Gasteiger charge is -2.42. The van der Waals surface area contributed by atoms with Gasteiger partial charge < -0.3 is 24.4 Å². The van der Waals surface area contributed by atoms with Crippen molar-refractivity contribution in [3.05, 3.63) is 70.4 Å². The van der Waals surface area contributed by atoms with E-state index in [1.807, 2.05) is 12.1 Å². The number of rotatable bonds is 9. The number of thiophene rings is 1. The van der Waals surface area contributed by atoms with Crippen LogP contribution in [0.4, 0.5) is 5.69 Å². The van der Waals surface area contributed by atoms with Crippen LogP contribution in [0.1, 0.15) is 28.2 Å². The molecule has 2 heterocycles. The maximum Gasteiger partial charge on any atom is 0.255 e. The van der Waals surface area contributed by atoms with Crippen molar-refractivity contribution in [2.45, 2.75) is 19.0 Å². The van der Waals surface area contributed by atoms with E-state index in [1.165, 1.54) is 10.6 Å². The fourth-order valence-electron chi connectivity index (χ4n) is 4.68. The number of hydrogen-bond donors (Lipinski definition) is 1. The molecule has 0 radical (unpaired) electrons. The first kappa shape index (κ1) is 24.9. The molecule has 0 unspecified atom stereocenters. The van der Waals surface area contributed by atoms with Crippen molar-refractivity contribution in [3.63, 3.8) is 0 Å². The van der Waals surface area contributed by atoms with Crippen LogP contribution in [0.15, 0.2) is 60.0 Å². The molecular formula is C27H33N3O4S. The van der Waals surface area contributed by atoms with Gasteiger partial charge in [0.15, 0.2) is 11.5 Å². The highest BCUT2D eigenvalue weighted by Gasteiger charge is 2.31. The zero-order chi connectivity index (χ0) is 24.8. The minimum atomic E-state index is -0.174. The molecule has 1 amide bonds. The number of benzene rings is 2. The highest BCUT2D eigenvalue weighted by molar-refractivity contribution is 7.10. The number of para-hydroxylation sites is 1. The minimum Gasteiger partial charge on any atom is -0.497 e. The number of hydrogen-bond acceptors (Lipinski definition) is 7. The van der Waals surface area contributed by atoms with Crippen molar-refractivity contribution >= 4 is 22.9 Å². The molecule has 0 saturated carbocycles. The molecular weight excluding hydrogens is 462 g/mol. The summed E-state index contributed by atoms with van der Waals surface area (Å²) in [5, 5.41) is 5.32. The first-order valence-electron chi connectivity index (χ1n) is 11.7. The quantitative estimate of drug-likeness (QED) is 0.473. The van der Waals surface area contributed by atoms with Gasteiger partial charge in [-0.05, 0) is 54.8 Å². The van der Waals surface area contributed by atoms with E-state index < -0.39 is 0 Å². The van der Waals surface area contributed by atoms with Gasteiger partial charge in [-0.3, -0.25) is 9.69 Å². The first-order chi connectivity index (χ1) is 17.0. The molecule has 1 aliphatic heterocycles. The lowest BCUT2D eigenvalue weighted by atomic mass is 10.0. The van der Waals surface area contributed by atoms with E-state index in [9.17, 15) is 4.79 Å². The van der Waals surface area contributed by atoms with Gasteiger partial charge in [0, 0.05) is 42.8 Å². The van der Waals surface area contributed by atoms with Gasteiger partial charge in [0.1, 0.15) is 5.75 Å². The van der Waals surface area contributed by atoms with Crippen LogP contribution < -0.4 is 24.4 Å². The molecule has 1 saturated heterocycles. The molecule has 4 rings (SSSR count). The monoisotopic (exact) mass is 495 g/mol. The van der Waals surface area contributed by atoms with Crippen LogP contribution in [0, 0.1) is 0 Å². The van der Waals surface area contributed by atoms with E-state index in [0.29, 0.717) is 17.1 Å². The van der Waals surface area contributed by atoms with Crippen LogP contribution in [-0.2, 0) is 0 Å². The summed E-state index contributed by atoms with van der Waals surface area (Å²) in [6.45, 7) is 5.70. The number of piperazine rings is 1. The standard InChI is InChI=1S/C27H33N3O4S/c1-19(28-27(31)22-7-5-8-23(33-3)26(22)34-4)25(24-9-6-18-35-24)30-16-14-29(15-17-30)20-10-12-21(32-2)13-11-20/h5-13,18-19,25H,14-17H2,1-4H3,(H,28,31)/t19-,25-/m0/s1. The summed E-state index contributed by atoms with van der Waals surface area (Å²) in [4.78, 5) is 19.4. The number of nitrogens with zero attached hydrogens (tertiary/aromatic N) is 2. The van der Waals surface area contributed by atoms with Crippen molar-refractivity contribution in [1.82, 2.24) is 10.2 Å². The van der Waals surface area contributed by atoms with Crippen LogP contribution in [0.2, 0.25) is 0 Å². The van der Waals surface area contributed by atoms with Gasteiger partial charge in [0.05, 0.1) is 32.9 Å². The lowest BCUT2D eigenvalue weighted by Crippen LogP contribution is -2.52. The van der Waals surface area contributed by atoms with Gasteiger partial charge >= 0.3 is 0 Å². The molecule has 1 aromatic heterocycles. The molecule has 1 aliphatic rings. The van der Waals surface area contributed by atoms with Crippen LogP contribution in [0.3, 0.4) is 0 Å². The second kappa shape index (κ2) is 11.5. The maximum absolute atomic E-state index is 13.3. The average molecular weight is 496 g/mol. The number of methoxy groups -OCH3 is 3. The Labute approximate surface area is 211 Å². The van der Waals surface area contributed by atoms with E-state index in [1.54, 1.807) is 50.9 Å². The molecule has 1 fully saturated rings. The van der Waals surface area contributed by atoms with Crippen LogP contribution in [0.25, 0.3) is 0 Å². The van der Waals surface area contributed by atoms with Gasteiger partial charge in [-0.1, -0.05) is 12.1 Å². The van der Waals surface area contributed by atoms with Crippen LogP contribution >= 0.6 is 11.3 Å². The molecule has 0 aliphatic carbocycles. The molecule has 2 atom stereocenters. The van der Waals surface area contributed by atoms with Gasteiger partial charge in [0.25, 0.3) is 5.91 Å². The molecule has 0 spiro atoms. The first-order valence-corrected chi connectivity index (χ1v) is 12.6. The third kappa shape index (κ3) is 5.55. The summed E-state index contributed by atoms with van der Waals surface area (Å²) in [7, 11) is 4.80. The molecule has 1 N–H and O–H groups in total. The number of anilines is 1. The normalized spacial score (nSPS) is 15.8. The molecule has 0 bridgehead atoms. The zero-order valence-electron chi connectivity index (χ0n) is 20.7. The summed E-state index contributed by atoms with van der Waals surface area (Å²) < 4.78 is 16.1. The summed E-state index contributed by atoms with van der Waals surface area (Å²) in [6.07, 6.45) is 0. The Balaban J connectivity index is 1.48. The Hall–Kier alpha value is -3.23. The fourth-order valence-corrected chi connectivity index (χ4v) is 5.65. The van der Waals surface area contributed by atoms with Crippen molar-refractivity contribution in [2.24, 2.45) is 0 Å². The van der Waals surface area contributed by atoms with E-state index >= 15 is 0 Å². The van der Waals surface area contributed by atoms with Crippen molar-refractivity contribution in [2.75, 3.05) is 52.4 Å². The highest BCUT2D eigenvalue weighted by Crippen LogP contribution is 2.33. The summed E-state index contributed by atoms with van der Waals surface area (Å²) >= 11 is 1.73. The van der Waals surface area contributed by atoms with Gasteiger partial charge in [-0.2, -0.15) is 0 Å². The Kier molecular flexibility index (Phi) is 8.15. The Morgan fingerprint density at radius 3 is 2.26 bits per heavy atom. The summed E-state index contributed by atoms with van der Waals surface area (Å²) in [6, 6.07) is 17.8. The Bertz CT molecular complexity index is 1100. The van der Waals surface area contributed by atoms with E-state index in [4.69, 9.17) is 14.2 Å². The Morgan fingerprint density at radius 2 is 1.66 bits per heavy atom. The summed E-state index contributed by atoms with van der Waals surface area (Å²) in [5.41, 5.74) is 1.66. The molecule has 7 nitrogen and oxygen atoms in total. The smallest absolute Gasteiger partial charge is 0.255 e. The third-order valence-electron chi connectivity index (χ3n) is 6.46. The second-order valence-electron chi connectivity index (χ2n) is 8.48. The van der Waals surface area contributed by atoms with Crippen molar-refractivity contribution in [1.29, 1.82) is 0 Å². The SMILES string of the molecule is COc1ccc(N2CCN([C@H](c3cccs3)[C@H](C)NC(=O)c3cccc(OC)c3OC)CC2)cc1. The highest BCUT2D eigenvalue weighted by atomic mass is 32.1. The maximum atomic E-state index is 13.3. The van der Waals surface area contributed by atoms with Crippen molar-refractivity contribution < 1.29 is 19.0 Å². The number of carbonyl (C=O) groups is 1. The van der Waals surface area contributed by atoms with Crippen LogP contribution in [0.5, 0.6) is 17.2 Å². The largest absolute Gasteiger partial charge is 0.497 e. The molecule has 35 heavy (non-hydrogen) atoms. The van der Waals surface area contributed by atoms with Gasteiger partial charge in [-0.15, -0.1) is 11.3 Å².